The first-order chi connectivity index (χ1) is 16.3. The molecule has 0 aliphatic rings. The zero-order valence-corrected chi connectivity index (χ0v) is 20.7. The molecular weight excluding hydrogens is 426 g/mol. The number of primary amides is 1. The van der Waals surface area contributed by atoms with Crippen LogP contribution in [0.4, 0.5) is 0 Å². The molecule has 0 aliphatic heterocycles. The van der Waals surface area contributed by atoms with E-state index in [-0.39, 0.29) is 0 Å². The van der Waals surface area contributed by atoms with E-state index in [2.05, 4.69) is 55.3 Å². The highest BCUT2D eigenvalue weighted by Gasteiger charge is 2.25. The van der Waals surface area contributed by atoms with Gasteiger partial charge in [0, 0.05) is 18.2 Å². The summed E-state index contributed by atoms with van der Waals surface area (Å²) in [6.45, 7) is 10.5. The molecule has 1 atom stereocenters. The van der Waals surface area contributed by atoms with Crippen LogP contribution in [-0.2, 0) is 16.1 Å². The molecule has 2 rings (SSSR count). The molecule has 0 bridgehead atoms. The molecule has 2 aromatic rings. The minimum Gasteiger partial charge on any atom is -0.363 e. The number of unbranched alkanes of at least 4 members (excludes halogenated alkanes) is 1. The van der Waals surface area contributed by atoms with Crippen LogP contribution < -0.4 is 11.1 Å². The lowest BCUT2D eigenvalue weighted by Crippen LogP contribution is -2.46. The summed E-state index contributed by atoms with van der Waals surface area (Å²) in [5, 5.41) is 2.70. The molecule has 182 valence electrons. The largest absolute Gasteiger partial charge is 0.363 e. The van der Waals surface area contributed by atoms with Crippen LogP contribution in [0.3, 0.4) is 0 Å². The van der Waals surface area contributed by atoms with E-state index in [1.165, 1.54) is 5.56 Å². The molecule has 2 aromatic carbocycles. The Balaban J connectivity index is 2.15. The van der Waals surface area contributed by atoms with Gasteiger partial charge in [0.2, 0.25) is 5.78 Å². The maximum Gasteiger partial charge on any atom is 0.287 e. The van der Waals surface area contributed by atoms with E-state index < -0.39 is 23.6 Å². The van der Waals surface area contributed by atoms with Gasteiger partial charge in [-0.3, -0.25) is 19.3 Å². The first kappa shape index (κ1) is 27.0. The predicted molar refractivity (Wildman–Crippen MR) is 138 cm³/mol. The molecule has 1 unspecified atom stereocenters. The van der Waals surface area contributed by atoms with Crippen molar-refractivity contribution in [3.63, 3.8) is 0 Å². The first-order valence-electron chi connectivity index (χ1n) is 12.0. The molecule has 34 heavy (non-hydrogen) atoms. The SMILES string of the molecule is CCCCC(NC(=O)c1ccccc1/C=C/c1ccc(CN(CC)C(C)C)cc1)C(=O)C(N)=O. The van der Waals surface area contributed by atoms with Crippen molar-refractivity contribution in [2.45, 2.75) is 65.6 Å². The molecule has 0 saturated heterocycles. The summed E-state index contributed by atoms with van der Waals surface area (Å²) >= 11 is 0. The summed E-state index contributed by atoms with van der Waals surface area (Å²) in [6, 6.07) is 15.1. The maximum absolute atomic E-state index is 13.0. The monoisotopic (exact) mass is 463 g/mol. The van der Waals surface area contributed by atoms with Crippen molar-refractivity contribution in [1.82, 2.24) is 10.2 Å². The summed E-state index contributed by atoms with van der Waals surface area (Å²) in [6.07, 6.45) is 5.76. The van der Waals surface area contributed by atoms with Crippen LogP contribution in [0.2, 0.25) is 0 Å². The molecule has 6 nitrogen and oxygen atoms in total. The topological polar surface area (TPSA) is 92.5 Å². The normalized spacial score (nSPS) is 12.3. The lowest BCUT2D eigenvalue weighted by Gasteiger charge is -2.24. The van der Waals surface area contributed by atoms with E-state index in [9.17, 15) is 14.4 Å². The van der Waals surface area contributed by atoms with Gasteiger partial charge in [-0.05, 0) is 49.6 Å². The van der Waals surface area contributed by atoms with Crippen molar-refractivity contribution < 1.29 is 14.4 Å². The van der Waals surface area contributed by atoms with Gasteiger partial charge in [0.1, 0.15) is 0 Å². The Morgan fingerprint density at radius 1 is 1.00 bits per heavy atom. The van der Waals surface area contributed by atoms with Crippen LogP contribution in [0.5, 0.6) is 0 Å². The zero-order valence-electron chi connectivity index (χ0n) is 20.7. The molecule has 0 heterocycles. The number of ketones is 1. The number of hydrogen-bond acceptors (Lipinski definition) is 4. The van der Waals surface area contributed by atoms with Gasteiger partial charge in [0.25, 0.3) is 11.8 Å². The van der Waals surface area contributed by atoms with Crippen molar-refractivity contribution in [3.8, 4) is 0 Å². The second-order valence-electron chi connectivity index (χ2n) is 8.72. The summed E-state index contributed by atoms with van der Waals surface area (Å²) in [4.78, 5) is 38.9. The quantitative estimate of drug-likeness (QED) is 0.339. The number of nitrogens with two attached hydrogens (primary N) is 1. The third kappa shape index (κ3) is 7.96. The van der Waals surface area contributed by atoms with Crippen molar-refractivity contribution in [2.24, 2.45) is 5.73 Å². The Hall–Kier alpha value is -3.25. The molecule has 0 radical (unpaired) electrons. The molecule has 3 N–H and O–H groups in total. The molecular formula is C28H37N3O3. The van der Waals surface area contributed by atoms with E-state index >= 15 is 0 Å². The summed E-state index contributed by atoms with van der Waals surface area (Å²) in [5.74, 6) is -2.21. The fraction of sp³-hybridized carbons (Fsp3) is 0.393. The Labute approximate surface area is 203 Å². The van der Waals surface area contributed by atoms with Crippen LogP contribution in [0, 0.1) is 0 Å². The van der Waals surface area contributed by atoms with E-state index in [1.54, 1.807) is 12.1 Å². The van der Waals surface area contributed by atoms with Crippen LogP contribution in [0.15, 0.2) is 48.5 Å². The van der Waals surface area contributed by atoms with Crippen LogP contribution in [0.25, 0.3) is 12.2 Å². The molecule has 0 aliphatic carbocycles. The van der Waals surface area contributed by atoms with Gasteiger partial charge in [0.15, 0.2) is 0 Å². The molecule has 0 aromatic heterocycles. The van der Waals surface area contributed by atoms with Crippen LogP contribution in [-0.4, -0.2) is 41.1 Å². The summed E-state index contributed by atoms with van der Waals surface area (Å²) < 4.78 is 0. The molecule has 0 saturated carbocycles. The molecule has 0 fully saturated rings. The highest BCUT2D eigenvalue weighted by molar-refractivity contribution is 6.38. The van der Waals surface area contributed by atoms with Crippen LogP contribution >= 0.6 is 0 Å². The van der Waals surface area contributed by atoms with E-state index in [0.717, 1.165) is 30.6 Å². The zero-order chi connectivity index (χ0) is 25.1. The van der Waals surface area contributed by atoms with Gasteiger partial charge < -0.3 is 11.1 Å². The first-order valence-corrected chi connectivity index (χ1v) is 12.0. The Morgan fingerprint density at radius 2 is 1.68 bits per heavy atom. The van der Waals surface area contributed by atoms with Gasteiger partial charge in [-0.2, -0.15) is 0 Å². The van der Waals surface area contributed by atoms with Gasteiger partial charge in [-0.1, -0.05) is 81.3 Å². The second-order valence-corrected chi connectivity index (χ2v) is 8.72. The van der Waals surface area contributed by atoms with Gasteiger partial charge >= 0.3 is 0 Å². The fourth-order valence-electron chi connectivity index (χ4n) is 3.75. The van der Waals surface area contributed by atoms with E-state index in [0.29, 0.717) is 24.4 Å². The third-order valence-corrected chi connectivity index (χ3v) is 5.87. The fourth-order valence-corrected chi connectivity index (χ4v) is 3.75. The molecule has 6 heteroatoms. The number of benzene rings is 2. The second kappa shape index (κ2) is 13.5. The number of hydrogen-bond donors (Lipinski definition) is 2. The molecule has 2 amide bonds. The van der Waals surface area contributed by atoms with Crippen molar-refractivity contribution in [2.75, 3.05) is 6.54 Å². The Morgan fingerprint density at radius 3 is 2.26 bits per heavy atom. The van der Waals surface area contributed by atoms with Crippen LogP contribution in [0.1, 0.15) is 74.0 Å². The summed E-state index contributed by atoms with van der Waals surface area (Å²) in [5.41, 5.74) is 8.61. The van der Waals surface area contributed by atoms with E-state index in [4.69, 9.17) is 5.73 Å². The predicted octanol–water partition coefficient (Wildman–Crippen LogP) is 4.43. The van der Waals surface area contributed by atoms with Crippen molar-refractivity contribution >= 4 is 29.7 Å². The Kier molecular flexibility index (Phi) is 10.7. The average molecular weight is 464 g/mol. The third-order valence-electron chi connectivity index (χ3n) is 5.87. The lowest BCUT2D eigenvalue weighted by atomic mass is 10.0. The standard InChI is InChI=1S/C28H37N3O3/c1-5-7-12-25(26(32)27(29)33)30-28(34)24-11-9-8-10-23(24)18-17-21-13-15-22(16-14-21)19-31(6-2)20(3)4/h8-11,13-18,20,25H,5-7,12,19H2,1-4H3,(H2,29,33)(H,30,34)/b18-17+. The number of carbonyl (C=O) groups excluding carboxylic acids is 3. The van der Waals surface area contributed by atoms with Crippen molar-refractivity contribution in [3.05, 3.63) is 70.8 Å². The lowest BCUT2D eigenvalue weighted by molar-refractivity contribution is -0.137. The maximum atomic E-state index is 13.0. The number of amides is 2. The van der Waals surface area contributed by atoms with Gasteiger partial charge in [-0.15, -0.1) is 0 Å². The molecule has 0 spiro atoms. The van der Waals surface area contributed by atoms with Crippen molar-refractivity contribution in [1.29, 1.82) is 0 Å². The van der Waals surface area contributed by atoms with Gasteiger partial charge in [0.05, 0.1) is 6.04 Å². The Bertz CT molecular complexity index is 996. The highest BCUT2D eigenvalue weighted by atomic mass is 16.2. The smallest absolute Gasteiger partial charge is 0.287 e. The number of rotatable bonds is 13. The van der Waals surface area contributed by atoms with E-state index in [1.807, 2.05) is 31.2 Å². The summed E-state index contributed by atoms with van der Waals surface area (Å²) in [7, 11) is 0. The number of nitrogens with zero attached hydrogens (tertiary/aromatic N) is 1. The number of nitrogens with one attached hydrogen (secondary N) is 1. The minimum atomic E-state index is -1.03. The minimum absolute atomic E-state index is 0.376. The number of Topliss-reactive ketones (excluding diaryl/α,β-unsaturated/α-hetero) is 1. The number of carbonyl (C=O) groups is 3. The van der Waals surface area contributed by atoms with Gasteiger partial charge in [-0.25, -0.2) is 0 Å². The average Bonchev–Trinajstić information content (AvgIpc) is 2.83. The highest BCUT2D eigenvalue weighted by Crippen LogP contribution is 2.16.